The SMILES string of the molecule is CCOC(=O)c1cc(O[S+](C)C(C)(C)C)nn1CC(C)NC(=O)OC(C)(C)C. The van der Waals surface area contributed by atoms with Gasteiger partial charge in [-0.2, -0.15) is 0 Å². The van der Waals surface area contributed by atoms with Gasteiger partial charge in [-0.25, -0.2) is 9.59 Å². The number of nitrogens with one attached hydrogen (secondary N) is 1. The maximum atomic E-state index is 12.3. The van der Waals surface area contributed by atoms with Crippen molar-refractivity contribution in [3.8, 4) is 5.88 Å². The van der Waals surface area contributed by atoms with E-state index in [2.05, 4.69) is 31.2 Å². The number of alkyl carbamates (subject to hydrolysis) is 1. The van der Waals surface area contributed by atoms with Crippen LogP contribution < -0.4 is 9.50 Å². The minimum Gasteiger partial charge on any atom is -0.461 e. The summed E-state index contributed by atoms with van der Waals surface area (Å²) < 4.78 is 17.8. The van der Waals surface area contributed by atoms with Crippen molar-refractivity contribution in [2.24, 2.45) is 0 Å². The number of aromatic nitrogens is 2. The summed E-state index contributed by atoms with van der Waals surface area (Å²) in [7, 11) is 0. The van der Waals surface area contributed by atoms with Gasteiger partial charge < -0.3 is 14.8 Å². The fourth-order valence-electron chi connectivity index (χ4n) is 2.01. The second kappa shape index (κ2) is 9.54. The van der Waals surface area contributed by atoms with Gasteiger partial charge in [-0.15, -0.1) is 5.10 Å². The predicted octanol–water partition coefficient (Wildman–Crippen LogP) is 3.31. The molecule has 1 aromatic heterocycles. The number of hydrogen-bond donors (Lipinski definition) is 1. The molecule has 0 aliphatic carbocycles. The lowest BCUT2D eigenvalue weighted by atomic mass is 10.2. The Morgan fingerprint density at radius 2 is 1.86 bits per heavy atom. The van der Waals surface area contributed by atoms with Crippen molar-refractivity contribution in [2.75, 3.05) is 12.9 Å². The second-order valence-corrected chi connectivity index (χ2v) is 10.8. The number of carbonyl (C=O) groups is 2. The van der Waals surface area contributed by atoms with Crippen LogP contribution in [0.1, 0.15) is 65.9 Å². The Morgan fingerprint density at radius 1 is 1.25 bits per heavy atom. The van der Waals surface area contributed by atoms with E-state index < -0.39 is 28.8 Å². The van der Waals surface area contributed by atoms with Gasteiger partial charge in [0.25, 0.3) is 5.88 Å². The average Bonchev–Trinajstić information content (AvgIpc) is 2.86. The van der Waals surface area contributed by atoms with Gasteiger partial charge in [0.2, 0.25) is 11.2 Å². The summed E-state index contributed by atoms with van der Waals surface area (Å²) >= 11 is -0.401. The molecule has 160 valence electrons. The second-order valence-electron chi connectivity index (χ2n) is 8.47. The van der Waals surface area contributed by atoms with E-state index in [0.717, 1.165) is 0 Å². The van der Waals surface area contributed by atoms with Gasteiger partial charge in [0.05, 0.1) is 13.2 Å². The third kappa shape index (κ3) is 8.00. The summed E-state index contributed by atoms with van der Waals surface area (Å²) in [5.41, 5.74) is -0.308. The van der Waals surface area contributed by atoms with Crippen LogP contribution in [0.25, 0.3) is 0 Å². The molecule has 1 amide bonds. The molecular formula is C19H34N3O5S+. The third-order valence-electron chi connectivity index (χ3n) is 3.52. The number of hydrogen-bond acceptors (Lipinski definition) is 6. The van der Waals surface area contributed by atoms with E-state index in [1.54, 1.807) is 40.7 Å². The topological polar surface area (TPSA) is 91.7 Å². The molecule has 1 aromatic rings. The summed E-state index contributed by atoms with van der Waals surface area (Å²) in [5, 5.41) is 7.14. The molecule has 0 spiro atoms. The molecule has 8 nitrogen and oxygen atoms in total. The molecule has 9 heteroatoms. The molecule has 0 radical (unpaired) electrons. The minimum atomic E-state index is -0.587. The summed E-state index contributed by atoms with van der Waals surface area (Å²) in [6, 6.07) is 1.26. The number of nitrogens with zero attached hydrogens (tertiary/aromatic N) is 2. The van der Waals surface area contributed by atoms with Gasteiger partial charge in [0, 0.05) is 12.1 Å². The fraction of sp³-hybridized carbons (Fsp3) is 0.737. The fourth-order valence-corrected chi connectivity index (χ4v) is 2.60. The molecule has 2 unspecified atom stereocenters. The lowest BCUT2D eigenvalue weighted by Gasteiger charge is -2.22. The highest BCUT2D eigenvalue weighted by Crippen LogP contribution is 2.22. The van der Waals surface area contributed by atoms with Crippen molar-refractivity contribution < 1.29 is 23.2 Å². The zero-order valence-electron chi connectivity index (χ0n) is 18.4. The smallest absolute Gasteiger partial charge is 0.407 e. The van der Waals surface area contributed by atoms with Crippen LogP contribution in [0.15, 0.2) is 6.07 Å². The lowest BCUT2D eigenvalue weighted by Crippen LogP contribution is -2.40. The number of esters is 1. The molecule has 0 bridgehead atoms. The van der Waals surface area contributed by atoms with Crippen LogP contribution in [0.3, 0.4) is 0 Å². The van der Waals surface area contributed by atoms with Gasteiger partial charge in [0.15, 0.2) is 10.4 Å². The largest absolute Gasteiger partial charge is 0.461 e. The summed E-state index contributed by atoms with van der Waals surface area (Å²) in [4.78, 5) is 24.3. The van der Waals surface area contributed by atoms with Crippen molar-refractivity contribution in [3.05, 3.63) is 11.8 Å². The van der Waals surface area contributed by atoms with Crippen LogP contribution in [0.4, 0.5) is 4.79 Å². The van der Waals surface area contributed by atoms with E-state index in [-0.39, 0.29) is 29.6 Å². The first kappa shape index (κ1) is 24.1. The first-order chi connectivity index (χ1) is 12.7. The van der Waals surface area contributed by atoms with E-state index in [9.17, 15) is 9.59 Å². The number of carbonyl (C=O) groups excluding carboxylic acids is 2. The minimum absolute atomic E-state index is 0.0561. The maximum absolute atomic E-state index is 12.3. The highest BCUT2D eigenvalue weighted by Gasteiger charge is 2.35. The number of rotatable bonds is 7. The normalized spacial score (nSPS) is 14.2. The Kier molecular flexibility index (Phi) is 8.22. The number of ether oxygens (including phenoxy) is 2. The van der Waals surface area contributed by atoms with Gasteiger partial charge in [-0.3, -0.25) is 8.86 Å². The Hall–Kier alpha value is -1.90. The first-order valence-corrected chi connectivity index (χ1v) is 10.9. The third-order valence-corrected chi connectivity index (χ3v) is 5.67. The Labute approximate surface area is 170 Å². The van der Waals surface area contributed by atoms with E-state index >= 15 is 0 Å². The standard InChI is InChI=1S/C19H33N3O5S/c1-10-25-16(23)14-11-15(27-28(9)19(6,7)8)21-22(14)12-13(2)20-17(24)26-18(3,4)5/h11,13H,10,12H2,1-9H3/p+1. The van der Waals surface area contributed by atoms with Gasteiger partial charge in [0.1, 0.15) is 11.9 Å². The Morgan fingerprint density at radius 3 is 2.36 bits per heavy atom. The van der Waals surface area contributed by atoms with Crippen molar-refractivity contribution in [3.63, 3.8) is 0 Å². The maximum Gasteiger partial charge on any atom is 0.407 e. The van der Waals surface area contributed by atoms with Crippen LogP contribution in [-0.4, -0.2) is 51.1 Å². The molecule has 0 aliphatic rings. The van der Waals surface area contributed by atoms with Crippen LogP contribution in [-0.2, 0) is 27.2 Å². The van der Waals surface area contributed by atoms with Crippen LogP contribution in [0.2, 0.25) is 0 Å². The van der Waals surface area contributed by atoms with E-state index in [1.807, 2.05) is 6.26 Å². The zero-order chi connectivity index (χ0) is 21.7. The molecule has 28 heavy (non-hydrogen) atoms. The molecular weight excluding hydrogens is 382 g/mol. The van der Waals surface area contributed by atoms with Crippen molar-refractivity contribution in [1.29, 1.82) is 0 Å². The summed E-state index contributed by atoms with van der Waals surface area (Å²) in [6.07, 6.45) is 1.46. The molecule has 1 N–H and O–H groups in total. The van der Waals surface area contributed by atoms with Crippen LogP contribution in [0, 0.1) is 0 Å². The zero-order valence-corrected chi connectivity index (χ0v) is 19.2. The monoisotopic (exact) mass is 416 g/mol. The van der Waals surface area contributed by atoms with Crippen LogP contribution in [0.5, 0.6) is 5.88 Å². The lowest BCUT2D eigenvalue weighted by molar-refractivity contribution is 0.0501. The van der Waals surface area contributed by atoms with E-state index in [4.69, 9.17) is 13.7 Å². The predicted molar refractivity (Wildman–Crippen MR) is 111 cm³/mol. The average molecular weight is 417 g/mol. The van der Waals surface area contributed by atoms with Gasteiger partial charge in [-0.1, -0.05) is 0 Å². The molecule has 0 saturated carbocycles. The number of amides is 1. The quantitative estimate of drug-likeness (QED) is 0.542. The molecule has 1 rings (SSSR count). The Bertz CT molecular complexity index is 676. The van der Waals surface area contributed by atoms with Crippen molar-refractivity contribution in [1.82, 2.24) is 15.1 Å². The first-order valence-electron chi connectivity index (χ1n) is 9.31. The molecule has 1 heterocycles. The van der Waals surface area contributed by atoms with Crippen LogP contribution >= 0.6 is 0 Å². The molecule has 0 aliphatic heterocycles. The summed E-state index contributed by atoms with van der Waals surface area (Å²) in [5.74, 6) is -0.130. The Balaban J connectivity index is 2.95. The van der Waals surface area contributed by atoms with Gasteiger partial charge >= 0.3 is 12.1 Å². The summed E-state index contributed by atoms with van der Waals surface area (Å²) in [6.45, 7) is 15.7. The van der Waals surface area contributed by atoms with Crippen molar-refractivity contribution >= 4 is 23.2 Å². The molecule has 0 saturated heterocycles. The highest BCUT2D eigenvalue weighted by molar-refractivity contribution is 7.93. The van der Waals surface area contributed by atoms with Crippen molar-refractivity contribution in [2.45, 2.75) is 78.3 Å². The van der Waals surface area contributed by atoms with E-state index in [0.29, 0.717) is 5.88 Å². The molecule has 2 atom stereocenters. The highest BCUT2D eigenvalue weighted by atomic mass is 32.2. The molecule has 0 aromatic carbocycles. The van der Waals surface area contributed by atoms with Gasteiger partial charge in [-0.05, 0) is 55.4 Å². The van der Waals surface area contributed by atoms with E-state index in [1.165, 1.54) is 4.68 Å². The molecule has 0 fully saturated rings.